The van der Waals surface area contributed by atoms with E-state index in [1.807, 2.05) is 18.4 Å². The summed E-state index contributed by atoms with van der Waals surface area (Å²) < 4.78 is 27.8. The molecule has 1 heterocycles. The summed E-state index contributed by atoms with van der Waals surface area (Å²) in [4.78, 5) is 37.0. The van der Waals surface area contributed by atoms with Crippen LogP contribution in [-0.4, -0.2) is 56.0 Å². The third-order valence-electron chi connectivity index (χ3n) is 4.22. The molecule has 0 radical (unpaired) electrons. The molecule has 148 valence electrons. The first-order chi connectivity index (χ1) is 12.7. The van der Waals surface area contributed by atoms with Crippen LogP contribution in [0.3, 0.4) is 0 Å². The number of carbonyl (C=O) groups is 3. The van der Waals surface area contributed by atoms with Gasteiger partial charge in [-0.05, 0) is 31.7 Å². The van der Waals surface area contributed by atoms with Gasteiger partial charge in [0.2, 0.25) is 0 Å². The molecule has 0 spiro atoms. The molecule has 2 rings (SSSR count). The number of sulfone groups is 1. The minimum atomic E-state index is -3.10. The van der Waals surface area contributed by atoms with Gasteiger partial charge in [0.25, 0.3) is 5.91 Å². The third-order valence-corrected chi connectivity index (χ3v) is 6.74. The van der Waals surface area contributed by atoms with Crippen LogP contribution in [-0.2, 0) is 24.2 Å². The molecule has 9 heteroatoms. The predicted molar refractivity (Wildman–Crippen MR) is 103 cm³/mol. The molecular formula is C18H23NO6S2. The second-order valence-electron chi connectivity index (χ2n) is 6.39. The van der Waals surface area contributed by atoms with Crippen LogP contribution in [0, 0.1) is 0 Å². The monoisotopic (exact) mass is 413 g/mol. The Balaban J connectivity index is 1.75. The van der Waals surface area contributed by atoms with Gasteiger partial charge in [-0.2, -0.15) is 0 Å². The van der Waals surface area contributed by atoms with Gasteiger partial charge in [-0.1, -0.05) is 12.1 Å². The first-order valence-corrected chi connectivity index (χ1v) is 11.6. The van der Waals surface area contributed by atoms with E-state index in [-0.39, 0.29) is 30.1 Å². The van der Waals surface area contributed by atoms with E-state index >= 15 is 0 Å². The summed E-state index contributed by atoms with van der Waals surface area (Å²) in [5.41, 5.74) is 0.522. The van der Waals surface area contributed by atoms with E-state index in [0.717, 1.165) is 4.90 Å². The van der Waals surface area contributed by atoms with Crippen molar-refractivity contribution in [2.75, 3.05) is 17.8 Å². The Bertz CT molecular complexity index is 804. The number of thioether (sulfide) groups is 1. The number of carbonyl (C=O) groups excluding carboxylic acids is 3. The van der Waals surface area contributed by atoms with E-state index in [1.54, 1.807) is 23.9 Å². The molecule has 1 amide bonds. The molecule has 27 heavy (non-hydrogen) atoms. The third kappa shape index (κ3) is 6.66. The Morgan fingerprint density at radius 2 is 1.89 bits per heavy atom. The molecule has 0 unspecified atom stereocenters. The lowest BCUT2D eigenvalue weighted by molar-refractivity contribution is -0.154. The summed E-state index contributed by atoms with van der Waals surface area (Å²) in [5, 5.41) is 2.58. The summed E-state index contributed by atoms with van der Waals surface area (Å²) in [5.74, 6) is -1.40. The van der Waals surface area contributed by atoms with Crippen LogP contribution in [0.25, 0.3) is 0 Å². The average Bonchev–Trinajstić information content (AvgIpc) is 2.98. The normalized spacial score (nSPS) is 19.3. The molecule has 0 aromatic heterocycles. The highest BCUT2D eigenvalue weighted by atomic mass is 32.2. The molecule has 1 aliphatic heterocycles. The molecule has 1 aromatic carbocycles. The lowest BCUT2D eigenvalue weighted by atomic mass is 10.1. The second-order valence-corrected chi connectivity index (χ2v) is 9.50. The highest BCUT2D eigenvalue weighted by Gasteiger charge is 2.30. The van der Waals surface area contributed by atoms with Crippen LogP contribution in [0.2, 0.25) is 0 Å². The standard InChI is InChI=1S/C18H23NO6S2/c1-12(18(22)19-14-9-10-27(23,24)11-14)25-17(21)8-7-16(20)13-3-5-15(26-2)6-4-13/h3-6,12,14H,7-11H2,1-2H3,(H,19,22)/t12-,14-/m0/s1. The summed E-state index contributed by atoms with van der Waals surface area (Å²) in [7, 11) is -3.10. The van der Waals surface area contributed by atoms with Gasteiger partial charge in [-0.3, -0.25) is 14.4 Å². The van der Waals surface area contributed by atoms with Crippen molar-refractivity contribution in [1.82, 2.24) is 5.32 Å². The minimum Gasteiger partial charge on any atom is -0.453 e. The van der Waals surface area contributed by atoms with Gasteiger partial charge < -0.3 is 10.1 Å². The Labute approximate surface area is 163 Å². The maximum Gasteiger partial charge on any atom is 0.307 e. The Hall–Kier alpha value is -1.87. The highest BCUT2D eigenvalue weighted by molar-refractivity contribution is 7.98. The zero-order valence-electron chi connectivity index (χ0n) is 15.3. The van der Waals surface area contributed by atoms with Gasteiger partial charge in [-0.25, -0.2) is 8.42 Å². The molecule has 1 aromatic rings. The fourth-order valence-corrected chi connectivity index (χ4v) is 4.76. The minimum absolute atomic E-state index is 0.00729. The molecule has 0 aliphatic carbocycles. The van der Waals surface area contributed by atoms with Crippen LogP contribution in [0.5, 0.6) is 0 Å². The van der Waals surface area contributed by atoms with Gasteiger partial charge in [-0.15, -0.1) is 11.8 Å². The van der Waals surface area contributed by atoms with Crippen molar-refractivity contribution in [2.45, 2.75) is 43.2 Å². The molecule has 0 saturated carbocycles. The van der Waals surface area contributed by atoms with Crippen molar-refractivity contribution in [1.29, 1.82) is 0 Å². The molecule has 2 atom stereocenters. The first kappa shape index (κ1) is 21.4. The quantitative estimate of drug-likeness (QED) is 0.392. The number of hydrogen-bond donors (Lipinski definition) is 1. The lowest BCUT2D eigenvalue weighted by Crippen LogP contribution is -2.42. The molecule has 7 nitrogen and oxygen atoms in total. The highest BCUT2D eigenvalue weighted by Crippen LogP contribution is 2.16. The van der Waals surface area contributed by atoms with Crippen LogP contribution in [0.4, 0.5) is 0 Å². The molecule has 1 fully saturated rings. The lowest BCUT2D eigenvalue weighted by Gasteiger charge is -2.16. The molecule has 0 bridgehead atoms. The Morgan fingerprint density at radius 1 is 1.22 bits per heavy atom. The smallest absolute Gasteiger partial charge is 0.307 e. The first-order valence-electron chi connectivity index (χ1n) is 8.57. The fraction of sp³-hybridized carbons (Fsp3) is 0.500. The van der Waals surface area contributed by atoms with E-state index < -0.39 is 33.9 Å². The number of rotatable bonds is 8. The van der Waals surface area contributed by atoms with E-state index in [9.17, 15) is 22.8 Å². The number of ether oxygens (including phenoxy) is 1. The van der Waals surface area contributed by atoms with Crippen LogP contribution in [0.1, 0.15) is 36.5 Å². The van der Waals surface area contributed by atoms with Crippen molar-refractivity contribution in [3.8, 4) is 0 Å². The zero-order chi connectivity index (χ0) is 20.0. The van der Waals surface area contributed by atoms with E-state index in [1.165, 1.54) is 6.92 Å². The molecular weight excluding hydrogens is 390 g/mol. The largest absolute Gasteiger partial charge is 0.453 e. The van der Waals surface area contributed by atoms with Crippen LogP contribution in [0.15, 0.2) is 29.2 Å². The maximum atomic E-state index is 12.1. The molecule has 1 aliphatic rings. The van der Waals surface area contributed by atoms with Gasteiger partial charge in [0.1, 0.15) is 0 Å². The number of Topliss-reactive ketones (excluding diaryl/α,β-unsaturated/α-hetero) is 1. The topological polar surface area (TPSA) is 107 Å². The summed E-state index contributed by atoms with van der Waals surface area (Å²) in [6, 6.07) is 6.66. The summed E-state index contributed by atoms with van der Waals surface area (Å²) in [6.45, 7) is 1.42. The van der Waals surface area contributed by atoms with Crippen molar-refractivity contribution >= 4 is 39.3 Å². The summed E-state index contributed by atoms with van der Waals surface area (Å²) >= 11 is 1.57. The van der Waals surface area contributed by atoms with Crippen molar-refractivity contribution in [3.05, 3.63) is 29.8 Å². The van der Waals surface area contributed by atoms with E-state index in [4.69, 9.17) is 4.74 Å². The van der Waals surface area contributed by atoms with E-state index in [0.29, 0.717) is 12.0 Å². The van der Waals surface area contributed by atoms with Gasteiger partial charge in [0, 0.05) is 22.9 Å². The van der Waals surface area contributed by atoms with Crippen molar-refractivity contribution in [3.63, 3.8) is 0 Å². The van der Waals surface area contributed by atoms with Gasteiger partial charge in [0.05, 0.1) is 17.9 Å². The van der Waals surface area contributed by atoms with Crippen molar-refractivity contribution in [2.24, 2.45) is 0 Å². The number of nitrogens with one attached hydrogen (secondary N) is 1. The van der Waals surface area contributed by atoms with Crippen LogP contribution >= 0.6 is 11.8 Å². The number of ketones is 1. The average molecular weight is 414 g/mol. The maximum absolute atomic E-state index is 12.1. The predicted octanol–water partition coefficient (Wildman–Crippen LogP) is 1.61. The van der Waals surface area contributed by atoms with Crippen molar-refractivity contribution < 1.29 is 27.5 Å². The van der Waals surface area contributed by atoms with Gasteiger partial charge in [0.15, 0.2) is 21.7 Å². The molecule has 1 N–H and O–H groups in total. The second kappa shape index (κ2) is 9.36. The summed E-state index contributed by atoms with van der Waals surface area (Å²) in [6.07, 6.45) is 1.12. The number of hydrogen-bond acceptors (Lipinski definition) is 7. The zero-order valence-corrected chi connectivity index (χ0v) is 16.9. The Kier molecular flexibility index (Phi) is 7.43. The number of benzene rings is 1. The fourth-order valence-electron chi connectivity index (χ4n) is 2.67. The van der Waals surface area contributed by atoms with Crippen LogP contribution < -0.4 is 5.32 Å². The SMILES string of the molecule is CSc1ccc(C(=O)CCC(=O)O[C@@H](C)C(=O)N[C@H]2CCS(=O)(=O)C2)cc1. The Morgan fingerprint density at radius 3 is 2.44 bits per heavy atom. The van der Waals surface area contributed by atoms with E-state index in [2.05, 4.69) is 5.32 Å². The molecule has 1 saturated heterocycles. The van der Waals surface area contributed by atoms with Gasteiger partial charge >= 0.3 is 5.97 Å². The number of amides is 1. The number of esters is 1.